The van der Waals surface area contributed by atoms with E-state index < -0.39 is 5.82 Å². The van der Waals surface area contributed by atoms with E-state index in [1.54, 1.807) is 35.1 Å². The number of amides is 1. The summed E-state index contributed by atoms with van der Waals surface area (Å²) in [4.78, 5) is 20.4. The van der Waals surface area contributed by atoms with Gasteiger partial charge in [0.2, 0.25) is 0 Å². The van der Waals surface area contributed by atoms with Gasteiger partial charge in [-0.2, -0.15) is 5.10 Å². The van der Waals surface area contributed by atoms with Crippen molar-refractivity contribution in [2.75, 3.05) is 6.54 Å². The van der Waals surface area contributed by atoms with Crippen LogP contribution in [0.15, 0.2) is 36.5 Å². The Kier molecular flexibility index (Phi) is 3.50. The van der Waals surface area contributed by atoms with Gasteiger partial charge in [-0.15, -0.1) is 0 Å². The van der Waals surface area contributed by atoms with Crippen molar-refractivity contribution < 1.29 is 9.18 Å². The first-order valence-electron chi connectivity index (χ1n) is 7.27. The molecule has 0 atom stereocenters. The third-order valence-corrected chi connectivity index (χ3v) is 4.12. The number of fused-ring (bicyclic) bond motifs is 1. The van der Waals surface area contributed by atoms with Gasteiger partial charge in [0.15, 0.2) is 5.82 Å². The normalized spacial score (nSPS) is 13.5. The van der Waals surface area contributed by atoms with Crippen LogP contribution >= 0.6 is 11.6 Å². The molecule has 1 aromatic carbocycles. The molecule has 1 aliphatic heterocycles. The number of hydrogen-bond acceptors (Lipinski definition) is 4. The molecule has 0 spiro atoms. The average molecular weight is 344 g/mol. The van der Waals surface area contributed by atoms with E-state index in [1.165, 1.54) is 6.07 Å². The lowest BCUT2D eigenvalue weighted by Crippen LogP contribution is -2.35. The van der Waals surface area contributed by atoms with E-state index in [2.05, 4.69) is 20.4 Å². The minimum atomic E-state index is -0.530. The molecule has 0 saturated heterocycles. The number of carbonyl (C=O) groups is 1. The molecule has 2 aromatic heterocycles. The van der Waals surface area contributed by atoms with Crippen molar-refractivity contribution in [2.45, 2.75) is 6.54 Å². The second-order valence-electron chi connectivity index (χ2n) is 5.26. The number of aromatic nitrogens is 4. The van der Waals surface area contributed by atoms with Crippen molar-refractivity contribution in [3.05, 3.63) is 53.1 Å². The van der Waals surface area contributed by atoms with Gasteiger partial charge >= 0.3 is 0 Å². The first-order chi connectivity index (χ1) is 11.6. The molecule has 1 aliphatic rings. The maximum Gasteiger partial charge on any atom is 0.269 e. The molecule has 24 heavy (non-hydrogen) atoms. The molecule has 3 heterocycles. The molecule has 120 valence electrons. The lowest BCUT2D eigenvalue weighted by Gasteiger charge is -2.13. The number of nitrogens with zero attached hydrogens (tertiary/aromatic N) is 4. The Morgan fingerprint density at radius 2 is 2.12 bits per heavy atom. The van der Waals surface area contributed by atoms with Gasteiger partial charge in [-0.05, 0) is 24.3 Å². The highest BCUT2D eigenvalue weighted by molar-refractivity contribution is 6.33. The molecule has 0 unspecified atom stereocenters. The van der Waals surface area contributed by atoms with E-state index in [0.717, 1.165) is 0 Å². The van der Waals surface area contributed by atoms with Gasteiger partial charge in [0.1, 0.15) is 17.2 Å². The molecular weight excluding hydrogens is 333 g/mol. The van der Waals surface area contributed by atoms with Crippen LogP contribution in [0.2, 0.25) is 5.02 Å². The van der Waals surface area contributed by atoms with Crippen molar-refractivity contribution in [3.8, 4) is 22.8 Å². The second-order valence-corrected chi connectivity index (χ2v) is 5.64. The van der Waals surface area contributed by atoms with Crippen LogP contribution < -0.4 is 5.32 Å². The third-order valence-electron chi connectivity index (χ3n) is 3.73. The SMILES string of the molecule is O=C1NCCn2nc(-c3ccnc(-c4cccc(F)c4Cl)n3)cc21. The minimum absolute atomic E-state index is 0.0295. The molecule has 1 amide bonds. The number of nitrogens with one attached hydrogen (secondary N) is 1. The number of halogens is 2. The van der Waals surface area contributed by atoms with Crippen molar-refractivity contribution in [2.24, 2.45) is 0 Å². The van der Waals surface area contributed by atoms with Gasteiger partial charge in [0.25, 0.3) is 5.91 Å². The zero-order valence-corrected chi connectivity index (χ0v) is 13.1. The largest absolute Gasteiger partial charge is 0.349 e. The fourth-order valence-electron chi connectivity index (χ4n) is 2.57. The predicted octanol–water partition coefficient (Wildman–Crippen LogP) is 2.54. The van der Waals surface area contributed by atoms with Crippen LogP contribution in [0.1, 0.15) is 10.5 Å². The monoisotopic (exact) mass is 343 g/mol. The van der Waals surface area contributed by atoms with Gasteiger partial charge in [-0.3, -0.25) is 9.48 Å². The molecule has 3 aromatic rings. The Balaban J connectivity index is 1.78. The number of rotatable bonds is 2. The van der Waals surface area contributed by atoms with Gasteiger partial charge in [0.05, 0.1) is 17.3 Å². The quantitative estimate of drug-likeness (QED) is 0.776. The summed E-state index contributed by atoms with van der Waals surface area (Å²) in [5.74, 6) is -0.396. The highest BCUT2D eigenvalue weighted by atomic mass is 35.5. The van der Waals surface area contributed by atoms with Crippen molar-refractivity contribution in [3.63, 3.8) is 0 Å². The average Bonchev–Trinajstić information content (AvgIpc) is 3.03. The summed E-state index contributed by atoms with van der Waals surface area (Å²) < 4.78 is 15.3. The summed E-state index contributed by atoms with van der Waals surface area (Å²) in [7, 11) is 0. The molecule has 0 bridgehead atoms. The van der Waals surface area contributed by atoms with Crippen LogP contribution in [-0.2, 0) is 6.54 Å². The van der Waals surface area contributed by atoms with Crippen LogP contribution in [0, 0.1) is 5.82 Å². The summed E-state index contributed by atoms with van der Waals surface area (Å²) in [6.07, 6.45) is 1.55. The lowest BCUT2D eigenvalue weighted by molar-refractivity contribution is 0.0924. The molecule has 0 radical (unpaired) electrons. The second kappa shape index (κ2) is 5.68. The van der Waals surface area contributed by atoms with E-state index in [0.29, 0.717) is 41.6 Å². The molecule has 1 N–H and O–H groups in total. The standard InChI is InChI=1S/C16H11ClFN5O/c17-14-9(2-1-3-10(14)18)15-19-5-4-11(21-15)12-8-13-16(24)20-6-7-23(13)22-12/h1-5,8H,6-7H2,(H,20,24). The number of hydrogen-bond donors (Lipinski definition) is 1. The zero-order valence-electron chi connectivity index (χ0n) is 12.3. The highest BCUT2D eigenvalue weighted by Crippen LogP contribution is 2.28. The zero-order chi connectivity index (χ0) is 16.7. The topological polar surface area (TPSA) is 72.7 Å². The fourth-order valence-corrected chi connectivity index (χ4v) is 2.78. The molecule has 8 heteroatoms. The van der Waals surface area contributed by atoms with E-state index >= 15 is 0 Å². The van der Waals surface area contributed by atoms with Crippen LogP contribution in [0.5, 0.6) is 0 Å². The molecule has 6 nitrogen and oxygen atoms in total. The molecule has 0 fully saturated rings. The highest BCUT2D eigenvalue weighted by Gasteiger charge is 2.20. The summed E-state index contributed by atoms with van der Waals surface area (Å²) in [5.41, 5.74) is 1.98. The van der Waals surface area contributed by atoms with Crippen LogP contribution in [-0.4, -0.2) is 32.2 Å². The summed E-state index contributed by atoms with van der Waals surface area (Å²) >= 11 is 6.00. The Hall–Kier alpha value is -2.80. The number of carbonyl (C=O) groups excluding carboxylic acids is 1. The van der Waals surface area contributed by atoms with Gasteiger partial charge in [-0.1, -0.05) is 17.7 Å². The Labute approximate surface area is 141 Å². The maximum absolute atomic E-state index is 13.6. The number of benzene rings is 1. The van der Waals surface area contributed by atoms with E-state index in [-0.39, 0.29) is 10.9 Å². The van der Waals surface area contributed by atoms with Gasteiger partial charge in [-0.25, -0.2) is 14.4 Å². The van der Waals surface area contributed by atoms with Crippen LogP contribution in [0.3, 0.4) is 0 Å². The van der Waals surface area contributed by atoms with E-state index in [1.807, 2.05) is 0 Å². The molecular formula is C16H11ClFN5O. The fraction of sp³-hybridized carbons (Fsp3) is 0.125. The van der Waals surface area contributed by atoms with Crippen molar-refractivity contribution >= 4 is 17.5 Å². The first kappa shape index (κ1) is 14.8. The summed E-state index contributed by atoms with van der Waals surface area (Å²) in [5, 5.41) is 7.14. The molecule has 4 rings (SSSR count). The smallest absolute Gasteiger partial charge is 0.269 e. The van der Waals surface area contributed by atoms with Crippen molar-refractivity contribution in [1.29, 1.82) is 0 Å². The molecule has 0 saturated carbocycles. The Bertz CT molecular complexity index is 955. The summed E-state index contributed by atoms with van der Waals surface area (Å²) in [6, 6.07) is 7.83. The Morgan fingerprint density at radius 1 is 1.25 bits per heavy atom. The van der Waals surface area contributed by atoms with E-state index in [4.69, 9.17) is 11.6 Å². The van der Waals surface area contributed by atoms with Crippen molar-refractivity contribution in [1.82, 2.24) is 25.1 Å². The molecule has 0 aliphatic carbocycles. The predicted molar refractivity (Wildman–Crippen MR) is 86.0 cm³/mol. The van der Waals surface area contributed by atoms with Gasteiger partial charge < -0.3 is 5.32 Å². The lowest BCUT2D eigenvalue weighted by atomic mass is 10.2. The van der Waals surface area contributed by atoms with Crippen LogP contribution in [0.4, 0.5) is 4.39 Å². The van der Waals surface area contributed by atoms with Gasteiger partial charge in [0, 0.05) is 18.3 Å². The third kappa shape index (κ3) is 2.43. The van der Waals surface area contributed by atoms with Crippen LogP contribution in [0.25, 0.3) is 22.8 Å². The first-order valence-corrected chi connectivity index (χ1v) is 7.65. The minimum Gasteiger partial charge on any atom is -0.349 e. The van der Waals surface area contributed by atoms with E-state index in [9.17, 15) is 9.18 Å². The summed E-state index contributed by atoms with van der Waals surface area (Å²) in [6.45, 7) is 1.15. The maximum atomic E-state index is 13.6. The Morgan fingerprint density at radius 3 is 2.96 bits per heavy atom.